The number of amides is 2. The molecule has 8 atom stereocenters. The van der Waals surface area contributed by atoms with Crippen LogP contribution in [0.5, 0.6) is 0 Å². The van der Waals surface area contributed by atoms with E-state index in [1.807, 2.05) is 46.8 Å². The molecule has 2 amide bonds. The minimum atomic E-state index is -0.721. The number of hydrogen-bond acceptors (Lipinski definition) is 31. The average Bonchev–Trinajstić information content (AvgIpc) is 1.59. The van der Waals surface area contributed by atoms with Crippen LogP contribution in [-0.4, -0.2) is 158 Å². The molecule has 4 bridgehead atoms. The largest absolute Gasteiger partial charge is 0.393 e. The summed E-state index contributed by atoms with van der Waals surface area (Å²) in [6, 6.07) is 21.7. The molecule has 0 spiro atoms. The Morgan fingerprint density at radius 1 is 0.407 bits per heavy atom. The van der Waals surface area contributed by atoms with Gasteiger partial charge in [0, 0.05) is 93.4 Å². The first-order valence-corrected chi connectivity index (χ1v) is 42.2. The van der Waals surface area contributed by atoms with Gasteiger partial charge in [0.05, 0.1) is 11.5 Å². The maximum atomic E-state index is 13.4. The normalized spacial score (nSPS) is 24.8. The van der Waals surface area contributed by atoms with Gasteiger partial charge >= 0.3 is 0 Å². The fourth-order valence-corrected chi connectivity index (χ4v) is 16.8. The van der Waals surface area contributed by atoms with Gasteiger partial charge in [-0.1, -0.05) is 67.2 Å². The monoisotopic (exact) mass is 1690 g/mol. The lowest BCUT2D eigenvalue weighted by atomic mass is 9.34. The third-order valence-corrected chi connectivity index (χ3v) is 24.9. The SMILES string of the molecule is CC(=O)C12CC(c3nc(C)no3)(C1)C2.CC(=O)C12CCC(c3nc(C)no3)(CC1)CC2.CC(=O)C1CCC(c2nc(C)no2)C1.CC(=O)c1ccc(-c2nc(C)no2)cc1.Cc1noc(-c2ccc(C(=O)N(C)C)cc2)n1.Cc1noc(-c2ccc(C(=O)NC3CC3)cc2)n1.Cc1noc(C2CCC(C)C(F)C2)n1.Cc1noc(C2CCC(C)C(O)C2)n1. The molecule has 10 fully saturated rings. The van der Waals surface area contributed by atoms with E-state index >= 15 is 0 Å². The molecule has 21 rings (SSSR count). The second-order valence-corrected chi connectivity index (χ2v) is 34.6. The zero-order chi connectivity index (χ0) is 88.2. The third-order valence-electron chi connectivity index (χ3n) is 24.9. The smallest absolute Gasteiger partial charge is 0.257 e. The van der Waals surface area contributed by atoms with E-state index in [1.165, 1.54) is 11.8 Å². The predicted octanol–water partition coefficient (Wildman–Crippen LogP) is 16.0. The van der Waals surface area contributed by atoms with Crippen molar-refractivity contribution < 1.29 is 74.4 Å². The first kappa shape index (κ1) is 90.5. The molecule has 0 radical (unpaired) electrons. The summed E-state index contributed by atoms with van der Waals surface area (Å²) in [6.07, 6.45) is 18.1. The number of fused-ring (bicyclic) bond motifs is 3. The first-order chi connectivity index (χ1) is 58.6. The Morgan fingerprint density at radius 3 is 1.11 bits per heavy atom. The van der Waals surface area contributed by atoms with Crippen molar-refractivity contribution in [3.63, 3.8) is 0 Å². The van der Waals surface area contributed by atoms with Crippen LogP contribution in [0.1, 0.15) is 295 Å². The Labute approximate surface area is 712 Å². The van der Waals surface area contributed by atoms with Gasteiger partial charge in [0.2, 0.25) is 29.5 Å². The van der Waals surface area contributed by atoms with Gasteiger partial charge in [0.15, 0.2) is 52.4 Å². The number of nitrogens with one attached hydrogen (secondary N) is 1. The number of rotatable bonds is 15. The Kier molecular flexibility index (Phi) is 28.9. The number of nitrogens with zero attached hydrogens (tertiary/aromatic N) is 17. The molecule has 10 saturated carbocycles. The maximum Gasteiger partial charge on any atom is 0.257 e. The molecule has 3 aromatic carbocycles. The van der Waals surface area contributed by atoms with Crippen LogP contribution in [0.4, 0.5) is 4.39 Å². The van der Waals surface area contributed by atoms with Crippen molar-refractivity contribution in [2.24, 2.45) is 28.6 Å². The van der Waals surface area contributed by atoms with E-state index in [4.69, 9.17) is 36.2 Å². The molecule has 8 heterocycles. The second kappa shape index (κ2) is 39.2. The zero-order valence-corrected chi connectivity index (χ0v) is 72.9. The highest BCUT2D eigenvalue weighted by atomic mass is 19.1. The molecule has 33 nitrogen and oxygen atoms in total. The second-order valence-electron chi connectivity index (χ2n) is 34.6. The van der Waals surface area contributed by atoms with E-state index < -0.39 is 6.17 Å². The number of carbonyl (C=O) groups excluding carboxylic acids is 6. The van der Waals surface area contributed by atoms with Gasteiger partial charge in [-0.15, -0.1) is 0 Å². The van der Waals surface area contributed by atoms with Gasteiger partial charge in [-0.05, 0) is 284 Å². The number of hydrogen-bond donors (Lipinski definition) is 2. The predicted molar refractivity (Wildman–Crippen MR) is 441 cm³/mol. The standard InChI is InChI=1S/C13H13N3O2.C13H18N2O2.C12H13N3O2.C11H10N2O2.C10H15FN2O.C10H12N2O2.C10H14N2O2.C10H16N2O2/c1-8-14-13(18-16-8)10-4-2-9(3-5-10)12(17)15-11-6-7-11;1-9(16)12-3-6-13(7-4-12,8-5-12)11-14-10(2)15-17-11;1-8-13-11(17-14-8)9-4-6-10(7-5-9)12(16)15(2)3;1-7(14)9-3-5-10(6-4-9)11-12-8(2)13-15-11;1-6-3-4-8(5-9(6)11)10-12-7(2)13-14-10;1-6(13)9-3-10(4-9,5-9)8-11-7(2)12-14-8;1-6(13)8-3-4-9(5-8)10-11-7(2)12-14-10;1-6-3-4-8(5-9(6)13)10-11-7(2)12-14-10/h2-5,11H,6-7H2,1H3,(H,15,17);3-8H2,1-2H3;4-7H,1-3H3;3-6H,1-2H3;6,8-9H,3-5H2,1-2H3;3-5H2,1-2H3;8-9H,3-5H2,1-2H3;6,8-9,13H,3-5H2,1-2H3. The third kappa shape index (κ3) is 22.6. The molecular formula is C89H111FN18O15. The van der Waals surface area contributed by atoms with Crippen molar-refractivity contribution in [3.05, 3.63) is 166 Å². The first-order valence-electron chi connectivity index (χ1n) is 42.2. The number of aryl methyl sites for hydroxylation is 8. The fourth-order valence-electron chi connectivity index (χ4n) is 16.8. The van der Waals surface area contributed by atoms with Crippen LogP contribution >= 0.6 is 0 Å². The minimum absolute atomic E-state index is 0.0224. The highest BCUT2D eigenvalue weighted by molar-refractivity contribution is 5.96. The highest BCUT2D eigenvalue weighted by Gasteiger charge is 2.73. The number of carbonyl (C=O) groups is 6. The number of Topliss-reactive ketones (excluding diaryl/α,β-unsaturated/α-hetero) is 4. The van der Waals surface area contributed by atoms with Crippen LogP contribution < -0.4 is 5.32 Å². The van der Waals surface area contributed by atoms with Crippen LogP contribution in [0, 0.1) is 84.0 Å². The van der Waals surface area contributed by atoms with Crippen molar-refractivity contribution in [1.29, 1.82) is 0 Å². The molecule has 8 aromatic heterocycles. The molecule has 0 aliphatic heterocycles. The van der Waals surface area contributed by atoms with Crippen LogP contribution in [0.2, 0.25) is 0 Å². The summed E-state index contributed by atoms with van der Waals surface area (Å²) in [4.78, 5) is 104. The van der Waals surface area contributed by atoms with E-state index in [0.29, 0.717) is 134 Å². The maximum absolute atomic E-state index is 13.4. The zero-order valence-electron chi connectivity index (χ0n) is 72.9. The number of aromatic nitrogens is 16. The Balaban J connectivity index is 0.000000129. The lowest BCUT2D eigenvalue weighted by Crippen LogP contribution is -2.67. The topological polar surface area (TPSA) is 449 Å². The van der Waals surface area contributed by atoms with Gasteiger partial charge in [-0.25, -0.2) is 4.39 Å². The van der Waals surface area contributed by atoms with Crippen molar-refractivity contribution in [2.45, 2.75) is 272 Å². The number of ketones is 4. The molecule has 123 heavy (non-hydrogen) atoms. The molecule has 34 heteroatoms. The van der Waals surface area contributed by atoms with E-state index in [2.05, 4.69) is 93.4 Å². The quantitative estimate of drug-likeness (QED) is 0.0900. The summed E-state index contributed by atoms with van der Waals surface area (Å²) in [7, 11) is 3.44. The summed E-state index contributed by atoms with van der Waals surface area (Å²) >= 11 is 0. The van der Waals surface area contributed by atoms with Crippen molar-refractivity contribution >= 4 is 34.9 Å². The van der Waals surface area contributed by atoms with Gasteiger partial charge in [0.25, 0.3) is 29.5 Å². The Bertz CT molecular complexity index is 5290. The number of aliphatic hydroxyl groups excluding tert-OH is 1. The number of aliphatic hydroxyl groups is 1. The minimum Gasteiger partial charge on any atom is -0.393 e. The molecular weight excluding hydrogens is 1580 g/mol. The van der Waals surface area contributed by atoms with Crippen LogP contribution in [0.15, 0.2) is 109 Å². The molecule has 654 valence electrons. The number of benzene rings is 3. The lowest BCUT2D eigenvalue weighted by Gasteiger charge is -2.67. The summed E-state index contributed by atoms with van der Waals surface area (Å²) < 4.78 is 54.3. The van der Waals surface area contributed by atoms with Crippen molar-refractivity contribution in [3.8, 4) is 34.4 Å². The van der Waals surface area contributed by atoms with Crippen molar-refractivity contribution in [2.75, 3.05) is 14.1 Å². The van der Waals surface area contributed by atoms with Crippen LogP contribution in [-0.2, 0) is 25.2 Å². The van der Waals surface area contributed by atoms with Gasteiger partial charge < -0.3 is 51.5 Å². The highest BCUT2D eigenvalue weighted by Crippen LogP contribution is 2.73. The average molecular weight is 1690 g/mol. The summed E-state index contributed by atoms with van der Waals surface area (Å²) in [5, 5.41) is 42.8. The van der Waals surface area contributed by atoms with Crippen LogP contribution in [0.25, 0.3) is 34.4 Å². The van der Waals surface area contributed by atoms with Gasteiger partial charge in [-0.3, -0.25) is 28.8 Å². The summed E-state index contributed by atoms with van der Waals surface area (Å²) in [5.74, 6) is 12.5. The van der Waals surface area contributed by atoms with E-state index in [-0.39, 0.29) is 74.8 Å². The van der Waals surface area contributed by atoms with E-state index in [9.17, 15) is 38.3 Å². The molecule has 0 saturated heterocycles. The molecule has 10 aliphatic carbocycles. The lowest BCUT2D eigenvalue weighted by molar-refractivity contribution is -0.177. The summed E-state index contributed by atoms with van der Waals surface area (Å²) in [5.41, 5.74) is 4.48. The number of halogens is 1. The molecule has 11 aromatic rings. The van der Waals surface area contributed by atoms with Gasteiger partial charge in [-0.2, -0.15) is 39.9 Å². The molecule has 8 unspecified atom stereocenters. The van der Waals surface area contributed by atoms with Crippen molar-refractivity contribution in [1.82, 2.24) is 91.3 Å². The van der Waals surface area contributed by atoms with E-state index in [0.717, 1.165) is 150 Å². The van der Waals surface area contributed by atoms with Crippen LogP contribution in [0.3, 0.4) is 0 Å². The number of alkyl halides is 1. The Morgan fingerprint density at radius 2 is 0.772 bits per heavy atom. The fraction of sp³-hybridized carbons (Fsp3) is 0.551. The summed E-state index contributed by atoms with van der Waals surface area (Å²) in [6.45, 7) is 25.0. The van der Waals surface area contributed by atoms with Gasteiger partial charge in [0.1, 0.15) is 23.5 Å². The molecule has 10 aliphatic rings. The molecule has 2 N–H and O–H groups in total. The van der Waals surface area contributed by atoms with E-state index in [1.54, 1.807) is 123 Å². The Hall–Kier alpha value is -11.7.